The summed E-state index contributed by atoms with van der Waals surface area (Å²) in [5, 5.41) is 0. The maximum absolute atomic E-state index is 12.5. The number of hydrogen-bond acceptors (Lipinski definition) is 5. The molecular weight excluding hydrogens is 340 g/mol. The number of rotatable bonds is 7. The molecule has 8 heteroatoms. The van der Waals surface area contributed by atoms with Crippen LogP contribution < -0.4 is 5.73 Å². The molecule has 1 saturated carbocycles. The monoisotopic (exact) mass is 362 g/mol. The van der Waals surface area contributed by atoms with Crippen molar-refractivity contribution in [3.05, 3.63) is 35.4 Å². The molecule has 0 amide bonds. The molecule has 2 rings (SSSR count). The largest absolute Gasteiger partial charge is 0.465 e. The maximum Gasteiger partial charge on any atom is 0.337 e. The molecule has 0 bridgehead atoms. The SMILES string of the molecule is COC(=O)c1cccc(CS(=O)(=O)N(C)C(CN)C2CC2)c1.Cl. The topological polar surface area (TPSA) is 89.7 Å². The summed E-state index contributed by atoms with van der Waals surface area (Å²) >= 11 is 0. The third-order valence-electron chi connectivity index (χ3n) is 4.01. The van der Waals surface area contributed by atoms with E-state index in [1.54, 1.807) is 31.3 Å². The quantitative estimate of drug-likeness (QED) is 0.740. The molecule has 0 radical (unpaired) electrons. The van der Waals surface area contributed by atoms with Crippen molar-refractivity contribution in [1.82, 2.24) is 4.31 Å². The highest BCUT2D eigenvalue weighted by molar-refractivity contribution is 7.88. The first-order chi connectivity index (χ1) is 10.4. The van der Waals surface area contributed by atoms with Crippen molar-refractivity contribution < 1.29 is 17.9 Å². The van der Waals surface area contributed by atoms with Gasteiger partial charge in [0.15, 0.2) is 0 Å². The second kappa shape index (κ2) is 8.10. The van der Waals surface area contributed by atoms with Crippen LogP contribution >= 0.6 is 12.4 Å². The fourth-order valence-corrected chi connectivity index (χ4v) is 4.02. The standard InChI is InChI=1S/C15H22N2O4S.ClH/c1-17(14(9-16)12-6-7-12)22(19,20)10-11-4-3-5-13(8-11)15(18)21-2;/h3-5,8,12,14H,6-7,9-10,16H2,1-2H3;1H. The van der Waals surface area contributed by atoms with Gasteiger partial charge in [-0.1, -0.05) is 12.1 Å². The van der Waals surface area contributed by atoms with E-state index in [1.165, 1.54) is 11.4 Å². The number of sulfonamides is 1. The molecule has 1 aromatic carbocycles. The summed E-state index contributed by atoms with van der Waals surface area (Å²) in [5.41, 5.74) is 6.62. The summed E-state index contributed by atoms with van der Waals surface area (Å²) in [6.07, 6.45) is 2.05. The number of carbonyl (C=O) groups is 1. The van der Waals surface area contributed by atoms with Gasteiger partial charge in [0.1, 0.15) is 0 Å². The van der Waals surface area contributed by atoms with Crippen LogP contribution in [0.2, 0.25) is 0 Å². The Morgan fingerprint density at radius 3 is 2.61 bits per heavy atom. The number of likely N-dealkylation sites (N-methyl/N-ethyl adjacent to an activating group) is 1. The fraction of sp³-hybridized carbons (Fsp3) is 0.533. The number of nitrogens with zero attached hydrogens (tertiary/aromatic N) is 1. The summed E-state index contributed by atoms with van der Waals surface area (Å²) in [7, 11) is -0.606. The van der Waals surface area contributed by atoms with Crippen LogP contribution in [0.15, 0.2) is 24.3 Å². The van der Waals surface area contributed by atoms with Crippen LogP contribution in [0, 0.1) is 5.92 Å². The van der Waals surface area contributed by atoms with Gasteiger partial charge in [-0.3, -0.25) is 0 Å². The Bertz CT molecular complexity index is 647. The third kappa shape index (κ3) is 4.91. The molecule has 1 aliphatic rings. The minimum absolute atomic E-state index is 0. The van der Waals surface area contributed by atoms with Gasteiger partial charge in [0.05, 0.1) is 18.4 Å². The summed E-state index contributed by atoms with van der Waals surface area (Å²) in [4.78, 5) is 11.5. The first kappa shape index (κ1) is 19.9. The molecule has 2 N–H and O–H groups in total. The van der Waals surface area contributed by atoms with Crippen LogP contribution in [0.5, 0.6) is 0 Å². The van der Waals surface area contributed by atoms with E-state index in [1.807, 2.05) is 0 Å². The van der Waals surface area contributed by atoms with Crippen molar-refractivity contribution in [3.8, 4) is 0 Å². The lowest BCUT2D eigenvalue weighted by Gasteiger charge is -2.26. The van der Waals surface area contributed by atoms with Gasteiger partial charge in [-0.15, -0.1) is 12.4 Å². The average Bonchev–Trinajstić information content (AvgIpc) is 3.31. The van der Waals surface area contributed by atoms with Crippen LogP contribution in [0.25, 0.3) is 0 Å². The number of benzene rings is 1. The highest BCUT2D eigenvalue weighted by Crippen LogP contribution is 2.35. The lowest BCUT2D eigenvalue weighted by Crippen LogP contribution is -2.43. The van der Waals surface area contributed by atoms with Gasteiger partial charge in [0, 0.05) is 19.6 Å². The van der Waals surface area contributed by atoms with Crippen molar-refractivity contribution in [3.63, 3.8) is 0 Å². The first-order valence-corrected chi connectivity index (χ1v) is 8.83. The Kier molecular flexibility index (Phi) is 7.01. The second-order valence-electron chi connectivity index (χ2n) is 5.60. The number of esters is 1. The Labute approximate surface area is 143 Å². The van der Waals surface area contributed by atoms with Crippen LogP contribution in [0.4, 0.5) is 0 Å². The average molecular weight is 363 g/mol. The van der Waals surface area contributed by atoms with Crippen molar-refractivity contribution in [2.75, 3.05) is 20.7 Å². The molecule has 1 atom stereocenters. The van der Waals surface area contributed by atoms with Gasteiger partial charge >= 0.3 is 5.97 Å². The minimum atomic E-state index is -3.48. The van der Waals surface area contributed by atoms with E-state index in [9.17, 15) is 13.2 Å². The van der Waals surface area contributed by atoms with Crippen molar-refractivity contribution in [2.45, 2.75) is 24.6 Å². The normalized spacial score (nSPS) is 15.8. The molecule has 6 nitrogen and oxygen atoms in total. The van der Waals surface area contributed by atoms with Gasteiger partial charge in [-0.05, 0) is 36.5 Å². The molecule has 0 aliphatic heterocycles. The molecule has 1 aromatic rings. The fourth-order valence-electron chi connectivity index (χ4n) is 2.54. The van der Waals surface area contributed by atoms with E-state index in [4.69, 9.17) is 5.73 Å². The van der Waals surface area contributed by atoms with Gasteiger partial charge in [0.25, 0.3) is 0 Å². The first-order valence-electron chi connectivity index (χ1n) is 7.22. The van der Waals surface area contributed by atoms with Crippen molar-refractivity contribution >= 4 is 28.4 Å². The molecule has 1 unspecified atom stereocenters. The number of nitrogens with two attached hydrogens (primary N) is 1. The smallest absolute Gasteiger partial charge is 0.337 e. The molecule has 0 spiro atoms. The Hall–Kier alpha value is -1.15. The van der Waals surface area contributed by atoms with E-state index in [0.717, 1.165) is 12.8 Å². The van der Waals surface area contributed by atoms with Crippen LogP contribution in [-0.2, 0) is 20.5 Å². The minimum Gasteiger partial charge on any atom is -0.465 e. The zero-order valence-electron chi connectivity index (χ0n) is 13.3. The Morgan fingerprint density at radius 1 is 1.43 bits per heavy atom. The molecular formula is C15H23ClN2O4S. The van der Waals surface area contributed by atoms with Gasteiger partial charge < -0.3 is 10.5 Å². The molecule has 0 aromatic heterocycles. The van der Waals surface area contributed by atoms with E-state index < -0.39 is 16.0 Å². The maximum atomic E-state index is 12.5. The highest BCUT2D eigenvalue weighted by Gasteiger charge is 2.37. The molecule has 1 fully saturated rings. The van der Waals surface area contributed by atoms with E-state index in [2.05, 4.69) is 4.74 Å². The predicted octanol–water partition coefficient (Wildman–Crippen LogP) is 1.39. The number of halogens is 1. The zero-order valence-corrected chi connectivity index (χ0v) is 14.9. The molecule has 0 saturated heterocycles. The van der Waals surface area contributed by atoms with E-state index >= 15 is 0 Å². The van der Waals surface area contributed by atoms with Gasteiger partial charge in [-0.25, -0.2) is 17.5 Å². The third-order valence-corrected chi connectivity index (χ3v) is 5.86. The number of carbonyl (C=O) groups excluding carboxylic acids is 1. The number of methoxy groups -OCH3 is 1. The molecule has 0 heterocycles. The Balaban J connectivity index is 0.00000264. The van der Waals surface area contributed by atoms with Crippen LogP contribution in [-0.4, -0.2) is 45.4 Å². The lowest BCUT2D eigenvalue weighted by atomic mass is 10.1. The summed E-state index contributed by atoms with van der Waals surface area (Å²) in [6, 6.07) is 6.34. The number of hydrogen-bond donors (Lipinski definition) is 1. The highest BCUT2D eigenvalue weighted by atomic mass is 35.5. The lowest BCUT2D eigenvalue weighted by molar-refractivity contribution is 0.0600. The van der Waals surface area contributed by atoms with Gasteiger partial charge in [0.2, 0.25) is 10.0 Å². The van der Waals surface area contributed by atoms with Crippen molar-refractivity contribution in [2.24, 2.45) is 11.7 Å². The van der Waals surface area contributed by atoms with E-state index in [-0.39, 0.29) is 24.2 Å². The predicted molar refractivity (Wildman–Crippen MR) is 91.0 cm³/mol. The summed E-state index contributed by atoms with van der Waals surface area (Å²) < 4.78 is 31.1. The zero-order chi connectivity index (χ0) is 16.3. The summed E-state index contributed by atoms with van der Waals surface area (Å²) in [6.45, 7) is 0.322. The summed E-state index contributed by atoms with van der Waals surface area (Å²) in [5.74, 6) is -0.269. The molecule has 130 valence electrons. The second-order valence-corrected chi connectivity index (χ2v) is 7.63. The van der Waals surface area contributed by atoms with Gasteiger partial charge in [-0.2, -0.15) is 0 Å². The van der Waals surface area contributed by atoms with Crippen LogP contribution in [0.3, 0.4) is 0 Å². The van der Waals surface area contributed by atoms with Crippen molar-refractivity contribution in [1.29, 1.82) is 0 Å². The molecule has 23 heavy (non-hydrogen) atoms. The number of ether oxygens (including phenoxy) is 1. The van der Waals surface area contributed by atoms with E-state index in [0.29, 0.717) is 23.6 Å². The van der Waals surface area contributed by atoms with Crippen LogP contribution in [0.1, 0.15) is 28.8 Å². The Morgan fingerprint density at radius 2 is 2.09 bits per heavy atom. The molecule has 1 aliphatic carbocycles.